The maximum absolute atomic E-state index is 2.20. The fourth-order valence-corrected chi connectivity index (χ4v) is 1.75. The molecule has 0 atom stereocenters. The monoisotopic (exact) mass is 232 g/mol. The zero-order valence-electron chi connectivity index (χ0n) is 12.1. The molecule has 0 unspecified atom stereocenters. The van der Waals surface area contributed by atoms with Crippen LogP contribution in [0.2, 0.25) is 0 Å². The summed E-state index contributed by atoms with van der Waals surface area (Å²) >= 11 is 0. The van der Waals surface area contributed by atoms with Crippen molar-refractivity contribution in [3.05, 3.63) is 47.7 Å². The molecule has 0 spiro atoms. The van der Waals surface area contributed by atoms with Crippen LogP contribution in [0.4, 0.5) is 0 Å². The van der Waals surface area contributed by atoms with Gasteiger partial charge in [-0.25, -0.2) is 4.58 Å². The standard InChI is InChI=1S/C12H14N.2C2H6/c1-10-6-3-4-7-11(10)12-8-5-9-13(12)2;2*1-2/h3-7,9H,8H2,1-2H3;2*1-2H3/q+1;;. The predicted molar refractivity (Wildman–Crippen MR) is 77.9 cm³/mol. The topological polar surface area (TPSA) is 3.01 Å². The molecule has 1 aliphatic rings. The quantitative estimate of drug-likeness (QED) is 0.631. The zero-order valence-corrected chi connectivity index (χ0v) is 12.1. The van der Waals surface area contributed by atoms with Crippen LogP contribution in [0.1, 0.15) is 45.2 Å². The molecule has 1 aromatic carbocycles. The Morgan fingerprint density at radius 2 is 1.59 bits per heavy atom. The van der Waals surface area contributed by atoms with Gasteiger partial charge in [0.2, 0.25) is 0 Å². The van der Waals surface area contributed by atoms with Crippen molar-refractivity contribution in [3.8, 4) is 0 Å². The largest absolute Gasteiger partial charge is 0.205 e. The minimum Gasteiger partial charge on any atom is -0.205 e. The highest BCUT2D eigenvalue weighted by Gasteiger charge is 2.17. The first-order valence-electron chi connectivity index (χ1n) is 6.60. The van der Waals surface area contributed by atoms with E-state index in [0.29, 0.717) is 0 Å². The summed E-state index contributed by atoms with van der Waals surface area (Å²) in [6.45, 7) is 10.2. The molecule has 0 radical (unpaired) electrons. The van der Waals surface area contributed by atoms with Crippen LogP contribution in [0.3, 0.4) is 0 Å². The molecule has 0 amide bonds. The molecule has 0 bridgehead atoms. The smallest absolute Gasteiger partial charge is 0.192 e. The van der Waals surface area contributed by atoms with Crippen LogP contribution in [0, 0.1) is 6.92 Å². The molecule has 0 fully saturated rings. The third-order valence-electron chi connectivity index (χ3n) is 2.52. The van der Waals surface area contributed by atoms with Crippen LogP contribution in [0.15, 0.2) is 36.5 Å². The van der Waals surface area contributed by atoms with Crippen molar-refractivity contribution < 1.29 is 4.58 Å². The van der Waals surface area contributed by atoms with E-state index < -0.39 is 0 Å². The number of hydrogen-bond acceptors (Lipinski definition) is 0. The maximum Gasteiger partial charge on any atom is 0.192 e. The lowest BCUT2D eigenvalue weighted by Crippen LogP contribution is -2.10. The highest BCUT2D eigenvalue weighted by molar-refractivity contribution is 5.99. The first-order chi connectivity index (χ1) is 8.29. The van der Waals surface area contributed by atoms with E-state index in [2.05, 4.69) is 55.1 Å². The van der Waals surface area contributed by atoms with Crippen LogP contribution >= 0.6 is 0 Å². The number of benzene rings is 1. The molecule has 1 heteroatoms. The molecule has 17 heavy (non-hydrogen) atoms. The summed E-state index contributed by atoms with van der Waals surface area (Å²) in [5.41, 5.74) is 4.13. The van der Waals surface area contributed by atoms with Crippen molar-refractivity contribution >= 4 is 5.71 Å². The fourth-order valence-electron chi connectivity index (χ4n) is 1.75. The van der Waals surface area contributed by atoms with Gasteiger partial charge >= 0.3 is 0 Å². The minimum atomic E-state index is 1.06. The van der Waals surface area contributed by atoms with E-state index in [1.165, 1.54) is 16.8 Å². The van der Waals surface area contributed by atoms with Crippen molar-refractivity contribution in [2.24, 2.45) is 0 Å². The normalized spacial score (nSPS) is 12.6. The highest BCUT2D eigenvalue weighted by Crippen LogP contribution is 2.13. The molecule has 1 aromatic rings. The lowest BCUT2D eigenvalue weighted by Gasteiger charge is -2.01. The summed E-state index contributed by atoms with van der Waals surface area (Å²) in [4.78, 5) is 0. The van der Waals surface area contributed by atoms with Crippen molar-refractivity contribution in [2.45, 2.75) is 41.0 Å². The molecular weight excluding hydrogens is 206 g/mol. The highest BCUT2D eigenvalue weighted by atomic mass is 15.0. The molecule has 94 valence electrons. The molecule has 1 heterocycles. The first kappa shape index (κ1) is 15.6. The van der Waals surface area contributed by atoms with Gasteiger partial charge in [0.05, 0.1) is 6.42 Å². The van der Waals surface area contributed by atoms with E-state index in [0.717, 1.165) is 6.42 Å². The van der Waals surface area contributed by atoms with Gasteiger partial charge in [-0.05, 0) is 24.6 Å². The van der Waals surface area contributed by atoms with E-state index in [1.807, 2.05) is 27.7 Å². The van der Waals surface area contributed by atoms with Gasteiger partial charge in [0, 0.05) is 5.56 Å². The van der Waals surface area contributed by atoms with Gasteiger partial charge in [-0.1, -0.05) is 45.9 Å². The van der Waals surface area contributed by atoms with Gasteiger partial charge < -0.3 is 0 Å². The third-order valence-corrected chi connectivity index (χ3v) is 2.52. The fraction of sp³-hybridized carbons (Fsp3) is 0.438. The van der Waals surface area contributed by atoms with Gasteiger partial charge in [0.15, 0.2) is 11.9 Å². The first-order valence-corrected chi connectivity index (χ1v) is 6.60. The third kappa shape index (κ3) is 4.18. The summed E-state index contributed by atoms with van der Waals surface area (Å²) in [6.07, 6.45) is 5.38. The van der Waals surface area contributed by atoms with Crippen molar-refractivity contribution in [2.75, 3.05) is 7.05 Å². The average Bonchev–Trinajstić information content (AvgIpc) is 2.81. The van der Waals surface area contributed by atoms with E-state index >= 15 is 0 Å². The number of allylic oxidation sites excluding steroid dienone is 1. The average molecular weight is 232 g/mol. The van der Waals surface area contributed by atoms with Crippen LogP contribution in [0.5, 0.6) is 0 Å². The molecule has 2 rings (SSSR count). The summed E-state index contributed by atoms with van der Waals surface area (Å²) in [5.74, 6) is 0. The van der Waals surface area contributed by atoms with Gasteiger partial charge in [-0.2, -0.15) is 0 Å². The Balaban J connectivity index is 0.000000581. The van der Waals surface area contributed by atoms with E-state index in [1.54, 1.807) is 0 Å². The van der Waals surface area contributed by atoms with Gasteiger partial charge in [0.25, 0.3) is 0 Å². The molecular formula is C16H26N+. The minimum absolute atomic E-state index is 1.06. The molecule has 1 nitrogen and oxygen atoms in total. The lowest BCUT2D eigenvalue weighted by atomic mass is 10.0. The van der Waals surface area contributed by atoms with Crippen LogP contribution in [-0.2, 0) is 0 Å². The summed E-state index contributed by atoms with van der Waals surface area (Å²) in [6, 6.07) is 8.53. The zero-order chi connectivity index (χ0) is 13.3. The summed E-state index contributed by atoms with van der Waals surface area (Å²) < 4.78 is 2.20. The van der Waals surface area contributed by atoms with Crippen molar-refractivity contribution in [1.82, 2.24) is 0 Å². The predicted octanol–water partition coefficient (Wildman–Crippen LogP) is 4.40. The Morgan fingerprint density at radius 1 is 1.00 bits per heavy atom. The molecule has 0 saturated carbocycles. The van der Waals surface area contributed by atoms with Crippen LogP contribution in [0.25, 0.3) is 0 Å². The van der Waals surface area contributed by atoms with E-state index in [-0.39, 0.29) is 0 Å². The Hall–Kier alpha value is -1.37. The second-order valence-corrected chi connectivity index (χ2v) is 3.46. The van der Waals surface area contributed by atoms with Gasteiger partial charge in [-0.15, -0.1) is 0 Å². The van der Waals surface area contributed by atoms with Crippen LogP contribution < -0.4 is 0 Å². The number of hydrogen-bond donors (Lipinski definition) is 0. The Bertz CT molecular complexity index is 386. The Labute approximate surface area is 107 Å². The molecule has 1 aliphatic heterocycles. The Morgan fingerprint density at radius 3 is 2.06 bits per heavy atom. The second-order valence-electron chi connectivity index (χ2n) is 3.46. The Kier molecular flexibility index (Phi) is 8.04. The summed E-state index contributed by atoms with van der Waals surface area (Å²) in [5, 5.41) is 0. The molecule has 0 N–H and O–H groups in total. The van der Waals surface area contributed by atoms with E-state index in [4.69, 9.17) is 0 Å². The molecule has 0 aromatic heterocycles. The number of rotatable bonds is 1. The SMILES string of the molecule is CC.CC.Cc1ccccc1C1=[N+](C)C=CC1. The maximum atomic E-state index is 2.20. The van der Waals surface area contributed by atoms with Gasteiger partial charge in [0.1, 0.15) is 7.05 Å². The van der Waals surface area contributed by atoms with E-state index in [9.17, 15) is 0 Å². The summed E-state index contributed by atoms with van der Waals surface area (Å²) in [7, 11) is 2.10. The number of aryl methyl sites for hydroxylation is 1. The van der Waals surface area contributed by atoms with Crippen LogP contribution in [-0.4, -0.2) is 17.3 Å². The number of nitrogens with zero attached hydrogens (tertiary/aromatic N) is 1. The van der Waals surface area contributed by atoms with Crippen molar-refractivity contribution in [3.63, 3.8) is 0 Å². The van der Waals surface area contributed by atoms with Crippen molar-refractivity contribution in [1.29, 1.82) is 0 Å². The molecule has 0 aliphatic carbocycles. The second kappa shape index (κ2) is 8.74. The molecule has 0 saturated heterocycles. The van der Waals surface area contributed by atoms with Gasteiger partial charge in [-0.3, -0.25) is 0 Å². The lowest BCUT2D eigenvalue weighted by molar-refractivity contribution is -0.418.